The molecule has 1 heterocycles. The second kappa shape index (κ2) is 5.32. The van der Waals surface area contributed by atoms with Crippen LogP contribution in [0.1, 0.15) is 13.8 Å². The SMILES string of the molecule is CCN(C)C(=O)N1CC(CN)OCC1C. The van der Waals surface area contributed by atoms with Crippen molar-refractivity contribution in [1.82, 2.24) is 9.80 Å². The average Bonchev–Trinajstić information content (AvgIpc) is 2.27. The van der Waals surface area contributed by atoms with Gasteiger partial charge in [-0.15, -0.1) is 0 Å². The molecule has 0 radical (unpaired) electrons. The minimum Gasteiger partial charge on any atom is -0.373 e. The summed E-state index contributed by atoms with van der Waals surface area (Å²) in [6, 6.07) is 0.195. The van der Waals surface area contributed by atoms with E-state index in [1.807, 2.05) is 25.8 Å². The number of ether oxygens (including phenoxy) is 1. The molecule has 1 aliphatic heterocycles. The van der Waals surface area contributed by atoms with Gasteiger partial charge in [0.05, 0.1) is 25.3 Å². The quantitative estimate of drug-likeness (QED) is 0.711. The van der Waals surface area contributed by atoms with Crippen molar-refractivity contribution >= 4 is 6.03 Å². The van der Waals surface area contributed by atoms with Gasteiger partial charge in [-0.25, -0.2) is 4.79 Å². The summed E-state index contributed by atoms with van der Waals surface area (Å²) in [4.78, 5) is 15.5. The van der Waals surface area contributed by atoms with Crippen molar-refractivity contribution in [2.45, 2.75) is 26.0 Å². The number of amides is 2. The highest BCUT2D eigenvalue weighted by molar-refractivity contribution is 5.74. The predicted molar refractivity (Wildman–Crippen MR) is 58.7 cm³/mol. The van der Waals surface area contributed by atoms with Crippen LogP contribution in [0.15, 0.2) is 0 Å². The summed E-state index contributed by atoms with van der Waals surface area (Å²) >= 11 is 0. The molecule has 0 bridgehead atoms. The van der Waals surface area contributed by atoms with Crippen molar-refractivity contribution in [3.63, 3.8) is 0 Å². The van der Waals surface area contributed by atoms with E-state index in [0.29, 0.717) is 19.7 Å². The van der Waals surface area contributed by atoms with Crippen LogP contribution in [-0.4, -0.2) is 61.3 Å². The number of hydrogen-bond acceptors (Lipinski definition) is 3. The summed E-state index contributed by atoms with van der Waals surface area (Å²) < 4.78 is 5.50. The Morgan fingerprint density at radius 3 is 2.87 bits per heavy atom. The van der Waals surface area contributed by atoms with Gasteiger partial charge in [-0.2, -0.15) is 0 Å². The highest BCUT2D eigenvalue weighted by Crippen LogP contribution is 2.12. The van der Waals surface area contributed by atoms with E-state index >= 15 is 0 Å². The van der Waals surface area contributed by atoms with E-state index < -0.39 is 0 Å². The largest absolute Gasteiger partial charge is 0.373 e. The molecular formula is C10H21N3O2. The van der Waals surface area contributed by atoms with Gasteiger partial charge in [0.25, 0.3) is 0 Å². The third kappa shape index (κ3) is 2.82. The van der Waals surface area contributed by atoms with E-state index in [9.17, 15) is 4.79 Å². The Hall–Kier alpha value is -0.810. The van der Waals surface area contributed by atoms with E-state index in [2.05, 4.69) is 0 Å². The lowest BCUT2D eigenvalue weighted by molar-refractivity contribution is -0.0403. The summed E-state index contributed by atoms with van der Waals surface area (Å²) in [6.07, 6.45) is -0.0181. The molecule has 0 saturated carbocycles. The van der Waals surface area contributed by atoms with Crippen LogP contribution < -0.4 is 5.73 Å². The lowest BCUT2D eigenvalue weighted by atomic mass is 10.2. The van der Waals surface area contributed by atoms with Gasteiger partial charge in [-0.3, -0.25) is 0 Å². The fourth-order valence-electron chi connectivity index (χ4n) is 1.58. The van der Waals surface area contributed by atoms with Crippen LogP contribution in [0.4, 0.5) is 4.79 Å². The molecule has 5 heteroatoms. The zero-order valence-corrected chi connectivity index (χ0v) is 9.77. The van der Waals surface area contributed by atoms with Crippen LogP contribution in [0.2, 0.25) is 0 Å². The summed E-state index contributed by atoms with van der Waals surface area (Å²) in [7, 11) is 1.81. The summed E-state index contributed by atoms with van der Waals surface area (Å²) in [5, 5.41) is 0. The van der Waals surface area contributed by atoms with Crippen molar-refractivity contribution < 1.29 is 9.53 Å². The summed E-state index contributed by atoms with van der Waals surface area (Å²) in [6.45, 7) is 6.31. The van der Waals surface area contributed by atoms with Gasteiger partial charge < -0.3 is 20.3 Å². The molecule has 1 aliphatic rings. The second-order valence-corrected chi connectivity index (χ2v) is 3.99. The van der Waals surface area contributed by atoms with Gasteiger partial charge in [-0.1, -0.05) is 0 Å². The van der Waals surface area contributed by atoms with Crippen LogP contribution >= 0.6 is 0 Å². The molecule has 5 nitrogen and oxygen atoms in total. The monoisotopic (exact) mass is 215 g/mol. The Morgan fingerprint density at radius 1 is 1.67 bits per heavy atom. The molecule has 1 saturated heterocycles. The predicted octanol–water partition coefficient (Wildman–Crippen LogP) is 0.106. The maximum Gasteiger partial charge on any atom is 0.320 e. The fraction of sp³-hybridized carbons (Fsp3) is 0.900. The number of nitrogens with two attached hydrogens (primary N) is 1. The standard InChI is InChI=1S/C10H21N3O2/c1-4-12(3)10(14)13-6-9(5-11)15-7-8(13)2/h8-9H,4-7,11H2,1-3H3. The van der Waals surface area contributed by atoms with Gasteiger partial charge >= 0.3 is 6.03 Å². The Morgan fingerprint density at radius 2 is 2.33 bits per heavy atom. The first-order chi connectivity index (χ1) is 7.10. The van der Waals surface area contributed by atoms with Crippen LogP contribution in [0.25, 0.3) is 0 Å². The van der Waals surface area contributed by atoms with Crippen molar-refractivity contribution in [3.05, 3.63) is 0 Å². The zero-order chi connectivity index (χ0) is 11.4. The first-order valence-corrected chi connectivity index (χ1v) is 5.43. The van der Waals surface area contributed by atoms with Gasteiger partial charge in [0.1, 0.15) is 0 Å². The minimum absolute atomic E-state index is 0.0181. The first-order valence-electron chi connectivity index (χ1n) is 5.43. The zero-order valence-electron chi connectivity index (χ0n) is 9.77. The van der Waals surface area contributed by atoms with Crippen molar-refractivity contribution in [2.24, 2.45) is 5.73 Å². The second-order valence-electron chi connectivity index (χ2n) is 3.99. The highest BCUT2D eigenvalue weighted by Gasteiger charge is 2.30. The van der Waals surface area contributed by atoms with Gasteiger partial charge in [0, 0.05) is 20.1 Å². The summed E-state index contributed by atoms with van der Waals surface area (Å²) in [5.74, 6) is 0. The molecule has 1 rings (SSSR count). The van der Waals surface area contributed by atoms with E-state index in [-0.39, 0.29) is 18.2 Å². The number of urea groups is 1. The molecule has 88 valence electrons. The number of hydrogen-bond donors (Lipinski definition) is 1. The lowest BCUT2D eigenvalue weighted by Crippen LogP contribution is -2.55. The van der Waals surface area contributed by atoms with Crippen LogP contribution in [-0.2, 0) is 4.74 Å². The number of carbonyl (C=O) groups is 1. The van der Waals surface area contributed by atoms with Crippen LogP contribution in [0.5, 0.6) is 0 Å². The maximum absolute atomic E-state index is 12.0. The van der Waals surface area contributed by atoms with Crippen molar-refractivity contribution in [1.29, 1.82) is 0 Å². The van der Waals surface area contributed by atoms with E-state index in [1.54, 1.807) is 4.90 Å². The number of carbonyl (C=O) groups excluding carboxylic acids is 1. The molecule has 0 aromatic heterocycles. The number of nitrogens with zero attached hydrogens (tertiary/aromatic N) is 2. The Labute approximate surface area is 91.2 Å². The van der Waals surface area contributed by atoms with E-state index in [0.717, 1.165) is 6.54 Å². The van der Waals surface area contributed by atoms with Gasteiger partial charge in [-0.05, 0) is 13.8 Å². The molecule has 0 aromatic rings. The molecule has 15 heavy (non-hydrogen) atoms. The van der Waals surface area contributed by atoms with Crippen molar-refractivity contribution in [3.8, 4) is 0 Å². The van der Waals surface area contributed by atoms with Gasteiger partial charge in [0.15, 0.2) is 0 Å². The number of morpholine rings is 1. The smallest absolute Gasteiger partial charge is 0.320 e. The van der Waals surface area contributed by atoms with Gasteiger partial charge in [0.2, 0.25) is 0 Å². The fourth-order valence-corrected chi connectivity index (χ4v) is 1.58. The topological polar surface area (TPSA) is 58.8 Å². The molecule has 0 aromatic carbocycles. The first kappa shape index (κ1) is 12.3. The molecular weight excluding hydrogens is 194 g/mol. The molecule has 1 fully saturated rings. The average molecular weight is 215 g/mol. The Kier molecular flexibility index (Phi) is 4.35. The van der Waals surface area contributed by atoms with E-state index in [4.69, 9.17) is 10.5 Å². The Bertz CT molecular complexity index is 223. The highest BCUT2D eigenvalue weighted by atomic mass is 16.5. The normalized spacial score (nSPS) is 26.5. The molecule has 2 atom stereocenters. The molecule has 2 N–H and O–H groups in total. The van der Waals surface area contributed by atoms with Crippen molar-refractivity contribution in [2.75, 3.05) is 33.3 Å². The van der Waals surface area contributed by atoms with Crippen LogP contribution in [0.3, 0.4) is 0 Å². The summed E-state index contributed by atoms with van der Waals surface area (Å²) in [5.41, 5.74) is 5.54. The lowest BCUT2D eigenvalue weighted by Gasteiger charge is -2.39. The minimum atomic E-state index is -0.0181. The molecule has 0 spiro atoms. The molecule has 2 unspecified atom stereocenters. The third-order valence-electron chi connectivity index (χ3n) is 2.82. The van der Waals surface area contributed by atoms with Crippen LogP contribution in [0, 0.1) is 0 Å². The third-order valence-corrected chi connectivity index (χ3v) is 2.82. The maximum atomic E-state index is 12.0. The molecule has 2 amide bonds. The number of rotatable bonds is 2. The molecule has 0 aliphatic carbocycles. The van der Waals surface area contributed by atoms with E-state index in [1.165, 1.54) is 0 Å². The Balaban J connectivity index is 2.61.